The first-order valence-corrected chi connectivity index (χ1v) is 7.23. The first kappa shape index (κ1) is 16.3. The fraction of sp³-hybridized carbons (Fsp3) is 0.600. The molecule has 0 atom stereocenters. The molecule has 0 radical (unpaired) electrons. The van der Waals surface area contributed by atoms with Crippen molar-refractivity contribution < 1.29 is 13.2 Å². The van der Waals surface area contributed by atoms with Crippen molar-refractivity contribution >= 4 is 0 Å². The van der Waals surface area contributed by atoms with Gasteiger partial charge in [0.2, 0.25) is 0 Å². The summed E-state index contributed by atoms with van der Waals surface area (Å²) in [5, 5.41) is 3.30. The van der Waals surface area contributed by atoms with Gasteiger partial charge in [-0.1, -0.05) is 18.2 Å². The Bertz CT molecular complexity index is 442. The largest absolute Gasteiger partial charge is 0.416 e. The van der Waals surface area contributed by atoms with Crippen LogP contribution in [-0.2, 0) is 12.7 Å². The quantitative estimate of drug-likeness (QED) is 0.898. The predicted octanol–water partition coefficient (Wildman–Crippen LogP) is 2.04. The van der Waals surface area contributed by atoms with E-state index in [1.807, 2.05) is 7.05 Å². The maximum atomic E-state index is 12.7. The van der Waals surface area contributed by atoms with Crippen LogP contribution < -0.4 is 5.32 Å². The molecule has 1 fully saturated rings. The van der Waals surface area contributed by atoms with Crippen LogP contribution in [0.3, 0.4) is 0 Å². The van der Waals surface area contributed by atoms with E-state index in [2.05, 4.69) is 15.1 Å². The number of hydrogen-bond donors (Lipinski definition) is 1. The number of nitrogens with zero attached hydrogens (tertiary/aromatic N) is 2. The van der Waals surface area contributed by atoms with Crippen LogP contribution in [0.4, 0.5) is 13.2 Å². The molecule has 21 heavy (non-hydrogen) atoms. The molecule has 1 aliphatic heterocycles. The molecule has 1 saturated heterocycles. The molecule has 0 saturated carbocycles. The van der Waals surface area contributed by atoms with Crippen molar-refractivity contribution in [2.45, 2.75) is 12.7 Å². The Morgan fingerprint density at radius 2 is 1.95 bits per heavy atom. The number of alkyl halides is 3. The van der Waals surface area contributed by atoms with E-state index in [1.54, 1.807) is 6.07 Å². The molecule has 1 aliphatic rings. The zero-order chi connectivity index (χ0) is 15.3. The number of piperazine rings is 1. The summed E-state index contributed by atoms with van der Waals surface area (Å²) in [5.74, 6) is 0. The highest BCUT2D eigenvalue weighted by Gasteiger charge is 2.30. The zero-order valence-electron chi connectivity index (χ0n) is 12.3. The van der Waals surface area contributed by atoms with Gasteiger partial charge in [0.05, 0.1) is 5.56 Å². The van der Waals surface area contributed by atoms with Crippen LogP contribution in [-0.4, -0.2) is 56.1 Å². The molecule has 0 aromatic heterocycles. The fourth-order valence-corrected chi connectivity index (χ4v) is 2.48. The maximum Gasteiger partial charge on any atom is 0.416 e. The Kier molecular flexibility index (Phi) is 5.61. The van der Waals surface area contributed by atoms with E-state index >= 15 is 0 Å². The van der Waals surface area contributed by atoms with Crippen molar-refractivity contribution in [1.29, 1.82) is 0 Å². The highest BCUT2D eigenvalue weighted by molar-refractivity contribution is 5.25. The van der Waals surface area contributed by atoms with E-state index < -0.39 is 11.7 Å². The molecule has 0 aliphatic carbocycles. The average molecular weight is 301 g/mol. The molecule has 118 valence electrons. The lowest BCUT2D eigenvalue weighted by atomic mass is 10.1. The Morgan fingerprint density at radius 1 is 1.24 bits per heavy atom. The van der Waals surface area contributed by atoms with Crippen LogP contribution in [0.5, 0.6) is 0 Å². The van der Waals surface area contributed by atoms with Crippen LogP contribution in [0, 0.1) is 0 Å². The third kappa shape index (κ3) is 5.30. The zero-order valence-corrected chi connectivity index (χ0v) is 12.3. The van der Waals surface area contributed by atoms with E-state index in [-0.39, 0.29) is 0 Å². The summed E-state index contributed by atoms with van der Waals surface area (Å²) in [6, 6.07) is 5.57. The maximum absolute atomic E-state index is 12.7. The van der Waals surface area contributed by atoms with Crippen LogP contribution >= 0.6 is 0 Å². The van der Waals surface area contributed by atoms with Crippen LogP contribution in [0.2, 0.25) is 0 Å². The van der Waals surface area contributed by atoms with Gasteiger partial charge in [-0.3, -0.25) is 4.90 Å². The number of rotatable bonds is 5. The van der Waals surface area contributed by atoms with Gasteiger partial charge in [0, 0.05) is 45.8 Å². The number of likely N-dealkylation sites (N-methyl/N-ethyl adjacent to an activating group) is 1. The minimum atomic E-state index is -4.27. The Hall–Kier alpha value is -1.11. The molecular formula is C15H22F3N3. The summed E-state index contributed by atoms with van der Waals surface area (Å²) < 4.78 is 38.0. The summed E-state index contributed by atoms with van der Waals surface area (Å²) in [4.78, 5) is 4.44. The first-order valence-electron chi connectivity index (χ1n) is 7.23. The molecule has 1 aromatic carbocycles. The van der Waals surface area contributed by atoms with Gasteiger partial charge < -0.3 is 10.2 Å². The topological polar surface area (TPSA) is 18.5 Å². The third-order valence-electron chi connectivity index (χ3n) is 3.71. The van der Waals surface area contributed by atoms with Crippen LogP contribution in [0.25, 0.3) is 0 Å². The van der Waals surface area contributed by atoms with Crippen molar-refractivity contribution in [3.05, 3.63) is 35.4 Å². The van der Waals surface area contributed by atoms with E-state index in [4.69, 9.17) is 0 Å². The lowest BCUT2D eigenvalue weighted by Crippen LogP contribution is -2.45. The van der Waals surface area contributed by atoms with Crippen molar-refractivity contribution in [3.63, 3.8) is 0 Å². The fourth-order valence-electron chi connectivity index (χ4n) is 2.48. The molecule has 1 N–H and O–H groups in total. The van der Waals surface area contributed by atoms with Gasteiger partial charge in [-0.2, -0.15) is 13.2 Å². The molecule has 1 heterocycles. The summed E-state index contributed by atoms with van der Waals surface area (Å²) in [5.41, 5.74) is 0.128. The summed E-state index contributed by atoms with van der Waals surface area (Å²) in [6.07, 6.45) is -4.27. The van der Waals surface area contributed by atoms with Gasteiger partial charge in [0.1, 0.15) is 0 Å². The van der Waals surface area contributed by atoms with Crippen molar-refractivity contribution in [2.24, 2.45) is 0 Å². The Morgan fingerprint density at radius 3 is 2.62 bits per heavy atom. The van der Waals surface area contributed by atoms with E-state index in [0.29, 0.717) is 12.1 Å². The Balaban J connectivity index is 1.83. The van der Waals surface area contributed by atoms with E-state index in [1.165, 1.54) is 12.1 Å². The number of benzene rings is 1. The molecule has 6 heteroatoms. The summed E-state index contributed by atoms with van der Waals surface area (Å²) >= 11 is 0. The first-order chi connectivity index (χ1) is 9.95. The average Bonchev–Trinajstić information content (AvgIpc) is 2.46. The van der Waals surface area contributed by atoms with Crippen LogP contribution in [0.1, 0.15) is 11.1 Å². The van der Waals surface area contributed by atoms with Crippen molar-refractivity contribution in [3.8, 4) is 0 Å². The normalized spacial score (nSPS) is 17.4. The molecule has 1 aromatic rings. The van der Waals surface area contributed by atoms with Crippen LogP contribution in [0.15, 0.2) is 24.3 Å². The lowest BCUT2D eigenvalue weighted by Gasteiger charge is -2.29. The molecule has 0 unspecified atom stereocenters. The molecule has 3 nitrogen and oxygen atoms in total. The molecule has 0 bridgehead atoms. The SMILES string of the molecule is CN(CCN1CCNCC1)Cc1cccc(C(F)(F)F)c1. The molecular weight excluding hydrogens is 279 g/mol. The molecule has 2 rings (SSSR count). The highest BCUT2D eigenvalue weighted by Crippen LogP contribution is 2.29. The molecule has 0 amide bonds. The van der Waals surface area contributed by atoms with E-state index in [9.17, 15) is 13.2 Å². The summed E-state index contributed by atoms with van der Waals surface area (Å²) in [7, 11) is 1.95. The van der Waals surface area contributed by atoms with Gasteiger partial charge in [0.25, 0.3) is 0 Å². The monoisotopic (exact) mass is 301 g/mol. The minimum Gasteiger partial charge on any atom is -0.314 e. The summed E-state index contributed by atoms with van der Waals surface area (Å²) in [6.45, 7) is 6.45. The standard InChI is InChI=1S/C15H22F3N3/c1-20(9-10-21-7-5-19-6-8-21)12-13-3-2-4-14(11-13)15(16,17)18/h2-4,11,19H,5-10,12H2,1H3. The third-order valence-corrected chi connectivity index (χ3v) is 3.71. The highest BCUT2D eigenvalue weighted by atomic mass is 19.4. The Labute approximate surface area is 123 Å². The second-order valence-electron chi connectivity index (χ2n) is 5.53. The van der Waals surface area contributed by atoms with Gasteiger partial charge in [-0.05, 0) is 18.7 Å². The van der Waals surface area contributed by atoms with Gasteiger partial charge in [-0.15, -0.1) is 0 Å². The van der Waals surface area contributed by atoms with Crippen molar-refractivity contribution in [1.82, 2.24) is 15.1 Å². The van der Waals surface area contributed by atoms with Crippen molar-refractivity contribution in [2.75, 3.05) is 46.3 Å². The smallest absolute Gasteiger partial charge is 0.314 e. The number of nitrogens with one attached hydrogen (secondary N) is 1. The minimum absolute atomic E-state index is 0.538. The lowest BCUT2D eigenvalue weighted by molar-refractivity contribution is -0.137. The molecule has 0 spiro atoms. The number of halogens is 3. The van der Waals surface area contributed by atoms with E-state index in [0.717, 1.165) is 45.3 Å². The second-order valence-corrected chi connectivity index (χ2v) is 5.53. The van der Waals surface area contributed by atoms with Gasteiger partial charge in [-0.25, -0.2) is 0 Å². The number of hydrogen-bond acceptors (Lipinski definition) is 3. The predicted molar refractivity (Wildman–Crippen MR) is 77.1 cm³/mol. The van der Waals surface area contributed by atoms with Gasteiger partial charge in [0.15, 0.2) is 0 Å². The second kappa shape index (κ2) is 7.24. The van der Waals surface area contributed by atoms with Gasteiger partial charge >= 0.3 is 6.18 Å².